The van der Waals surface area contributed by atoms with E-state index in [-0.39, 0.29) is 38.2 Å². The monoisotopic (exact) mass is 565 g/mol. The zero-order chi connectivity index (χ0) is 27.4. The van der Waals surface area contributed by atoms with E-state index < -0.39 is 11.2 Å². The van der Waals surface area contributed by atoms with Gasteiger partial charge in [0.15, 0.2) is 16.7 Å². The first-order valence-corrected chi connectivity index (χ1v) is 13.4. The quantitative estimate of drug-likeness (QED) is 0.364. The van der Waals surface area contributed by atoms with Crippen molar-refractivity contribution in [3.05, 3.63) is 82.9 Å². The predicted molar refractivity (Wildman–Crippen MR) is 149 cm³/mol. The van der Waals surface area contributed by atoms with E-state index in [9.17, 15) is 14.4 Å². The van der Waals surface area contributed by atoms with Crippen LogP contribution < -0.4 is 14.8 Å². The molecule has 3 aromatic rings. The number of ether oxygens (including phenoxy) is 3. The minimum atomic E-state index is -0.671. The Morgan fingerprint density at radius 1 is 1.10 bits per heavy atom. The van der Waals surface area contributed by atoms with Crippen LogP contribution in [0.3, 0.4) is 0 Å². The van der Waals surface area contributed by atoms with Crippen molar-refractivity contribution in [2.45, 2.75) is 25.1 Å². The number of aliphatic imine (C=N–C) groups is 1. The summed E-state index contributed by atoms with van der Waals surface area (Å²) in [5, 5.41) is 3.07. The van der Waals surface area contributed by atoms with Crippen LogP contribution in [0.25, 0.3) is 0 Å². The topological polar surface area (TPSA) is 107 Å². The molecule has 200 valence electrons. The molecule has 1 saturated heterocycles. The van der Waals surface area contributed by atoms with Crippen molar-refractivity contribution in [3.63, 3.8) is 0 Å². The summed E-state index contributed by atoms with van der Waals surface area (Å²) in [5.41, 5.74) is 2.33. The second-order valence-corrected chi connectivity index (χ2v) is 10.2. The van der Waals surface area contributed by atoms with Crippen LogP contribution in [0, 0.1) is 0 Å². The highest BCUT2D eigenvalue weighted by Crippen LogP contribution is 2.36. The number of fused-ring (bicyclic) bond motifs is 1. The van der Waals surface area contributed by atoms with Gasteiger partial charge in [0.05, 0.1) is 24.4 Å². The number of anilines is 1. The van der Waals surface area contributed by atoms with Crippen molar-refractivity contribution >= 4 is 57.7 Å². The van der Waals surface area contributed by atoms with Gasteiger partial charge in [0, 0.05) is 17.1 Å². The van der Waals surface area contributed by atoms with Gasteiger partial charge in [-0.2, -0.15) is 0 Å². The number of benzene rings is 3. The van der Waals surface area contributed by atoms with Crippen molar-refractivity contribution < 1.29 is 28.6 Å². The molecular formula is C28H24ClN3O6S. The Balaban J connectivity index is 1.37. The third kappa shape index (κ3) is 6.35. The van der Waals surface area contributed by atoms with E-state index in [0.29, 0.717) is 38.6 Å². The number of esters is 1. The van der Waals surface area contributed by atoms with Crippen molar-refractivity contribution in [1.29, 1.82) is 0 Å². The van der Waals surface area contributed by atoms with Crippen LogP contribution in [0.2, 0.25) is 5.02 Å². The van der Waals surface area contributed by atoms with E-state index in [2.05, 4.69) is 10.3 Å². The van der Waals surface area contributed by atoms with E-state index in [1.54, 1.807) is 66.4 Å². The van der Waals surface area contributed by atoms with Crippen molar-refractivity contribution in [1.82, 2.24) is 4.90 Å². The molecule has 11 heteroatoms. The molecule has 5 rings (SSSR count). The fourth-order valence-electron chi connectivity index (χ4n) is 4.04. The summed E-state index contributed by atoms with van der Waals surface area (Å²) in [6, 6.07) is 18.9. The van der Waals surface area contributed by atoms with Gasteiger partial charge in [0.25, 0.3) is 0 Å². The highest BCUT2D eigenvalue weighted by molar-refractivity contribution is 8.15. The number of nitrogens with one attached hydrogen (secondary N) is 1. The Bertz CT molecular complexity index is 1450. The van der Waals surface area contributed by atoms with E-state index in [0.717, 1.165) is 5.56 Å². The van der Waals surface area contributed by atoms with Gasteiger partial charge in [-0.05, 0) is 67.1 Å². The van der Waals surface area contributed by atoms with Gasteiger partial charge in [0.1, 0.15) is 5.25 Å². The summed E-state index contributed by atoms with van der Waals surface area (Å²) >= 11 is 7.24. The van der Waals surface area contributed by atoms with Gasteiger partial charge in [-0.25, -0.2) is 9.79 Å². The van der Waals surface area contributed by atoms with Gasteiger partial charge in [-0.1, -0.05) is 35.5 Å². The van der Waals surface area contributed by atoms with Crippen LogP contribution >= 0.6 is 23.4 Å². The van der Waals surface area contributed by atoms with Crippen molar-refractivity contribution in [2.24, 2.45) is 4.99 Å². The zero-order valence-corrected chi connectivity index (χ0v) is 22.5. The Morgan fingerprint density at radius 2 is 1.90 bits per heavy atom. The average Bonchev–Trinajstić information content (AvgIpc) is 3.49. The Hall–Kier alpha value is -4.02. The molecule has 3 aromatic carbocycles. The minimum Gasteiger partial charge on any atom is -0.462 e. The summed E-state index contributed by atoms with van der Waals surface area (Å²) < 4.78 is 15.9. The molecule has 2 amide bonds. The predicted octanol–water partition coefficient (Wildman–Crippen LogP) is 5.41. The summed E-state index contributed by atoms with van der Waals surface area (Å²) in [6.45, 7) is 2.40. The summed E-state index contributed by atoms with van der Waals surface area (Å²) in [4.78, 5) is 44.5. The Labute approximate surface area is 234 Å². The van der Waals surface area contributed by atoms with Gasteiger partial charge in [-0.15, -0.1) is 0 Å². The Kier molecular flexibility index (Phi) is 8.04. The lowest BCUT2D eigenvalue weighted by Crippen LogP contribution is -2.33. The third-order valence-corrected chi connectivity index (χ3v) is 7.29. The first-order chi connectivity index (χ1) is 18.9. The molecule has 0 aliphatic carbocycles. The number of nitrogens with zero attached hydrogens (tertiary/aromatic N) is 2. The van der Waals surface area contributed by atoms with E-state index in [4.69, 9.17) is 25.8 Å². The fraction of sp³-hybridized carbons (Fsp3) is 0.214. The summed E-state index contributed by atoms with van der Waals surface area (Å²) in [7, 11) is 0. The molecule has 1 atom stereocenters. The highest BCUT2D eigenvalue weighted by atomic mass is 35.5. The molecule has 0 spiro atoms. The lowest BCUT2D eigenvalue weighted by molar-refractivity contribution is -0.128. The number of rotatable bonds is 8. The number of amidine groups is 1. The van der Waals surface area contributed by atoms with Crippen molar-refractivity contribution in [2.75, 3.05) is 18.7 Å². The maximum atomic E-state index is 13.5. The molecule has 1 fully saturated rings. The van der Waals surface area contributed by atoms with Crippen molar-refractivity contribution in [3.8, 4) is 11.5 Å². The molecule has 9 nitrogen and oxygen atoms in total. The van der Waals surface area contributed by atoms with E-state index in [1.807, 2.05) is 12.1 Å². The standard InChI is InChI=1S/C28H24ClN3O6S/c1-2-36-27(35)18-7-9-20(10-8-18)31-28-32(15-17-6-11-22-23(12-17)38-16-37-22)26(34)24(39-28)14-25(33)30-21-5-3-4-19(29)13-21/h3-13,24H,2,14-16H2,1H3,(H,30,33). The SMILES string of the molecule is CCOC(=O)c1ccc(N=C2SC(CC(=O)Nc3cccc(Cl)c3)C(=O)N2Cc2ccc3c(c2)OCO3)cc1. The van der Waals surface area contributed by atoms with Crippen LogP contribution in [0.4, 0.5) is 11.4 Å². The molecule has 1 unspecified atom stereocenters. The first kappa shape index (κ1) is 26.6. The zero-order valence-electron chi connectivity index (χ0n) is 20.9. The van der Waals surface area contributed by atoms with Crippen LogP contribution in [0.15, 0.2) is 71.7 Å². The van der Waals surface area contributed by atoms with Crippen LogP contribution in [-0.2, 0) is 20.9 Å². The first-order valence-electron chi connectivity index (χ1n) is 12.2. The average molecular weight is 566 g/mol. The van der Waals surface area contributed by atoms with Gasteiger partial charge >= 0.3 is 5.97 Å². The molecule has 2 aliphatic heterocycles. The van der Waals surface area contributed by atoms with Gasteiger partial charge < -0.3 is 19.5 Å². The smallest absolute Gasteiger partial charge is 0.338 e. The fourth-order valence-corrected chi connectivity index (χ4v) is 5.38. The Morgan fingerprint density at radius 3 is 2.67 bits per heavy atom. The van der Waals surface area contributed by atoms with Gasteiger partial charge in [0.2, 0.25) is 18.6 Å². The molecule has 2 heterocycles. The van der Waals surface area contributed by atoms with Crippen LogP contribution in [0.1, 0.15) is 29.3 Å². The maximum Gasteiger partial charge on any atom is 0.338 e. The van der Waals surface area contributed by atoms with Crippen LogP contribution in [0.5, 0.6) is 11.5 Å². The second-order valence-electron chi connectivity index (χ2n) is 8.64. The highest BCUT2D eigenvalue weighted by Gasteiger charge is 2.39. The van der Waals surface area contributed by atoms with E-state index in [1.165, 1.54) is 11.8 Å². The number of hydrogen-bond acceptors (Lipinski definition) is 8. The normalized spacial score (nSPS) is 17.0. The maximum absolute atomic E-state index is 13.5. The number of amides is 2. The van der Waals surface area contributed by atoms with Gasteiger partial charge in [-0.3, -0.25) is 14.5 Å². The second kappa shape index (κ2) is 11.8. The number of carbonyl (C=O) groups is 3. The van der Waals surface area contributed by atoms with Crippen LogP contribution in [-0.4, -0.2) is 46.5 Å². The molecule has 0 saturated carbocycles. The number of hydrogen-bond donors (Lipinski definition) is 1. The summed E-state index contributed by atoms with van der Waals surface area (Å²) in [5.74, 6) is 0.286. The molecular weight excluding hydrogens is 542 g/mol. The van der Waals surface area contributed by atoms with E-state index >= 15 is 0 Å². The number of thioether (sulfide) groups is 1. The lowest BCUT2D eigenvalue weighted by Gasteiger charge is -2.17. The molecule has 2 aliphatic rings. The minimum absolute atomic E-state index is 0.0472. The summed E-state index contributed by atoms with van der Waals surface area (Å²) in [6.07, 6.45) is -0.0472. The molecule has 1 N–H and O–H groups in total. The molecule has 0 radical (unpaired) electrons. The number of carbonyl (C=O) groups excluding carboxylic acids is 3. The molecule has 39 heavy (non-hydrogen) atoms. The molecule has 0 aromatic heterocycles. The molecule has 0 bridgehead atoms. The largest absolute Gasteiger partial charge is 0.462 e. The third-order valence-electron chi connectivity index (χ3n) is 5.88. The number of halogens is 1. The lowest BCUT2D eigenvalue weighted by atomic mass is 10.1.